The molecule has 3 heterocycles. The summed E-state index contributed by atoms with van der Waals surface area (Å²) in [5.41, 5.74) is 2.45. The Morgan fingerprint density at radius 3 is 2.36 bits per heavy atom. The number of carbonyl (C=O) groups excluding carboxylic acids is 1. The number of rotatable bonds is 4. The van der Waals surface area contributed by atoms with Crippen molar-refractivity contribution in [2.24, 2.45) is 0 Å². The number of halogens is 4. The summed E-state index contributed by atoms with van der Waals surface area (Å²) in [6.45, 7) is 1.88. The smallest absolute Gasteiger partial charge is 0.322 e. The maximum atomic E-state index is 13.8. The molecule has 180 valence electrons. The van der Waals surface area contributed by atoms with Gasteiger partial charge in [0, 0.05) is 34.9 Å². The normalized spacial score (nSPS) is 11.6. The standard InChI is InChI=1S/C27H18F4N4O/c1-16-4-5-18(14-32-16)24-15-33-25-21(3-2-12-35(24)25)17-6-11-23(27(29,30)31)22(13-17)26(36)34-20-9-7-19(28)8-10-20/h2-15H,1H3,(H,34,36). The molecule has 0 atom stereocenters. The molecule has 2 aromatic carbocycles. The average molecular weight is 490 g/mol. The molecule has 1 amide bonds. The predicted molar refractivity (Wildman–Crippen MR) is 128 cm³/mol. The Kier molecular flexibility index (Phi) is 5.75. The fourth-order valence-corrected chi connectivity index (χ4v) is 3.95. The van der Waals surface area contributed by atoms with E-state index in [1.807, 2.05) is 23.5 Å². The lowest BCUT2D eigenvalue weighted by atomic mass is 9.98. The van der Waals surface area contributed by atoms with Gasteiger partial charge in [0.05, 0.1) is 23.0 Å². The molecule has 0 saturated carbocycles. The van der Waals surface area contributed by atoms with Crippen LogP contribution < -0.4 is 5.32 Å². The number of aromatic nitrogens is 3. The summed E-state index contributed by atoms with van der Waals surface area (Å²) < 4.78 is 56.3. The summed E-state index contributed by atoms with van der Waals surface area (Å²) >= 11 is 0. The number of carbonyl (C=O) groups is 1. The van der Waals surface area contributed by atoms with E-state index in [4.69, 9.17) is 0 Å². The lowest BCUT2D eigenvalue weighted by molar-refractivity contribution is -0.137. The van der Waals surface area contributed by atoms with Gasteiger partial charge in [-0.05, 0) is 73.2 Å². The number of aryl methyl sites for hydroxylation is 1. The summed E-state index contributed by atoms with van der Waals surface area (Å²) in [6.07, 6.45) is 0.436. The van der Waals surface area contributed by atoms with Crippen molar-refractivity contribution in [1.29, 1.82) is 0 Å². The Hall–Kier alpha value is -4.53. The van der Waals surface area contributed by atoms with Gasteiger partial charge in [-0.2, -0.15) is 13.2 Å². The minimum atomic E-state index is -4.75. The highest BCUT2D eigenvalue weighted by molar-refractivity contribution is 6.06. The molecule has 36 heavy (non-hydrogen) atoms. The van der Waals surface area contributed by atoms with Crippen LogP contribution in [-0.2, 0) is 6.18 Å². The Labute approximate surface area is 203 Å². The van der Waals surface area contributed by atoms with E-state index in [0.29, 0.717) is 16.8 Å². The van der Waals surface area contributed by atoms with Crippen molar-refractivity contribution < 1.29 is 22.4 Å². The summed E-state index contributed by atoms with van der Waals surface area (Å²) in [7, 11) is 0. The Balaban J connectivity index is 1.59. The molecule has 5 nitrogen and oxygen atoms in total. The molecule has 0 aliphatic carbocycles. The molecular formula is C27H18F4N4O. The van der Waals surface area contributed by atoms with Crippen LogP contribution >= 0.6 is 0 Å². The van der Waals surface area contributed by atoms with Crippen LogP contribution in [0.1, 0.15) is 21.6 Å². The molecule has 0 unspecified atom stereocenters. The van der Waals surface area contributed by atoms with Gasteiger partial charge < -0.3 is 5.32 Å². The van der Waals surface area contributed by atoms with Crippen molar-refractivity contribution in [2.75, 3.05) is 5.32 Å². The van der Waals surface area contributed by atoms with Crippen LogP contribution in [-0.4, -0.2) is 20.3 Å². The van der Waals surface area contributed by atoms with Crippen LogP contribution in [0.25, 0.3) is 28.0 Å². The van der Waals surface area contributed by atoms with E-state index in [9.17, 15) is 22.4 Å². The van der Waals surface area contributed by atoms with Gasteiger partial charge in [-0.25, -0.2) is 9.37 Å². The number of fused-ring (bicyclic) bond motifs is 1. The van der Waals surface area contributed by atoms with E-state index in [0.717, 1.165) is 35.2 Å². The zero-order valence-electron chi connectivity index (χ0n) is 18.8. The van der Waals surface area contributed by atoms with Crippen LogP contribution in [0.4, 0.5) is 23.2 Å². The Morgan fingerprint density at radius 2 is 1.67 bits per heavy atom. The van der Waals surface area contributed by atoms with Crippen molar-refractivity contribution in [3.05, 3.63) is 108 Å². The largest absolute Gasteiger partial charge is 0.417 e. The highest BCUT2D eigenvalue weighted by atomic mass is 19.4. The van der Waals surface area contributed by atoms with E-state index in [2.05, 4.69) is 15.3 Å². The zero-order chi connectivity index (χ0) is 25.4. The van der Waals surface area contributed by atoms with E-state index < -0.39 is 29.0 Å². The second-order valence-electron chi connectivity index (χ2n) is 8.17. The first-order chi connectivity index (χ1) is 17.2. The fraction of sp³-hybridized carbons (Fsp3) is 0.0741. The molecule has 0 aliphatic rings. The van der Waals surface area contributed by atoms with Crippen molar-refractivity contribution >= 4 is 17.2 Å². The molecular weight excluding hydrogens is 472 g/mol. The molecule has 1 N–H and O–H groups in total. The van der Waals surface area contributed by atoms with Crippen LogP contribution in [0.3, 0.4) is 0 Å². The average Bonchev–Trinajstić information content (AvgIpc) is 3.29. The van der Waals surface area contributed by atoms with Crippen LogP contribution in [0, 0.1) is 12.7 Å². The van der Waals surface area contributed by atoms with Gasteiger partial charge in [0.25, 0.3) is 5.91 Å². The van der Waals surface area contributed by atoms with Crippen LogP contribution in [0.15, 0.2) is 85.3 Å². The van der Waals surface area contributed by atoms with Gasteiger partial charge >= 0.3 is 6.18 Å². The number of nitrogens with one attached hydrogen (secondary N) is 1. The molecule has 0 saturated heterocycles. The number of benzene rings is 2. The van der Waals surface area contributed by atoms with Gasteiger partial charge in [-0.15, -0.1) is 0 Å². The number of hydrogen-bond acceptors (Lipinski definition) is 3. The third-order valence-corrected chi connectivity index (χ3v) is 5.73. The maximum Gasteiger partial charge on any atom is 0.417 e. The predicted octanol–water partition coefficient (Wildman–Crippen LogP) is 6.78. The van der Waals surface area contributed by atoms with Gasteiger partial charge in [0.15, 0.2) is 0 Å². The summed E-state index contributed by atoms with van der Waals surface area (Å²) in [5, 5.41) is 2.41. The highest BCUT2D eigenvalue weighted by Crippen LogP contribution is 2.36. The number of alkyl halides is 3. The molecule has 3 aromatic heterocycles. The highest BCUT2D eigenvalue weighted by Gasteiger charge is 2.35. The molecule has 9 heteroatoms. The minimum absolute atomic E-state index is 0.173. The van der Waals surface area contributed by atoms with Crippen LogP contribution in [0.2, 0.25) is 0 Å². The maximum absolute atomic E-state index is 13.8. The van der Waals surface area contributed by atoms with Gasteiger partial charge in [-0.1, -0.05) is 6.07 Å². The molecule has 0 radical (unpaired) electrons. The lowest BCUT2D eigenvalue weighted by Gasteiger charge is -2.15. The number of hydrogen-bond donors (Lipinski definition) is 1. The lowest BCUT2D eigenvalue weighted by Crippen LogP contribution is -2.19. The van der Waals surface area contributed by atoms with E-state index in [1.165, 1.54) is 24.3 Å². The number of anilines is 1. The molecule has 0 aliphatic heterocycles. The number of imidazole rings is 1. The van der Waals surface area contributed by atoms with Crippen molar-refractivity contribution in [3.8, 4) is 22.4 Å². The fourth-order valence-electron chi connectivity index (χ4n) is 3.95. The first kappa shape index (κ1) is 23.2. The first-order valence-electron chi connectivity index (χ1n) is 10.9. The van der Waals surface area contributed by atoms with E-state index in [1.54, 1.807) is 30.7 Å². The second-order valence-corrected chi connectivity index (χ2v) is 8.17. The topological polar surface area (TPSA) is 59.3 Å². The first-order valence-corrected chi connectivity index (χ1v) is 10.9. The molecule has 5 rings (SSSR count). The summed E-state index contributed by atoms with van der Waals surface area (Å²) in [4.78, 5) is 21.7. The van der Waals surface area contributed by atoms with Gasteiger partial charge in [0.2, 0.25) is 0 Å². The van der Waals surface area contributed by atoms with Crippen molar-refractivity contribution in [1.82, 2.24) is 14.4 Å². The second kappa shape index (κ2) is 8.92. The molecule has 0 bridgehead atoms. The van der Waals surface area contributed by atoms with E-state index in [-0.39, 0.29) is 5.69 Å². The summed E-state index contributed by atoms with van der Waals surface area (Å²) in [6, 6.07) is 15.4. The van der Waals surface area contributed by atoms with Crippen molar-refractivity contribution in [3.63, 3.8) is 0 Å². The SMILES string of the molecule is Cc1ccc(-c2cnc3c(-c4ccc(C(F)(F)F)c(C(=O)Nc5ccc(F)cc5)c4)cccn23)cn1. The van der Waals surface area contributed by atoms with Crippen LogP contribution in [0.5, 0.6) is 0 Å². The number of nitrogens with zero attached hydrogens (tertiary/aromatic N) is 3. The molecule has 0 fully saturated rings. The third-order valence-electron chi connectivity index (χ3n) is 5.73. The number of amides is 1. The number of pyridine rings is 2. The monoisotopic (exact) mass is 490 g/mol. The molecule has 0 spiro atoms. The quantitative estimate of drug-likeness (QED) is 0.283. The Bertz CT molecular complexity index is 1570. The van der Waals surface area contributed by atoms with E-state index >= 15 is 0 Å². The summed E-state index contributed by atoms with van der Waals surface area (Å²) in [5.74, 6) is -1.49. The third kappa shape index (κ3) is 4.43. The van der Waals surface area contributed by atoms with Gasteiger partial charge in [-0.3, -0.25) is 14.2 Å². The van der Waals surface area contributed by atoms with Crippen molar-refractivity contribution in [2.45, 2.75) is 13.1 Å². The van der Waals surface area contributed by atoms with Gasteiger partial charge in [0.1, 0.15) is 11.5 Å². The Morgan fingerprint density at radius 1 is 0.917 bits per heavy atom. The zero-order valence-corrected chi connectivity index (χ0v) is 18.8. The molecule has 5 aromatic rings. The minimum Gasteiger partial charge on any atom is -0.322 e.